The fraction of sp³-hybridized carbons (Fsp3) is 0.111. The van der Waals surface area contributed by atoms with E-state index in [4.69, 9.17) is 40.2 Å². The van der Waals surface area contributed by atoms with Gasteiger partial charge in [-0.3, -0.25) is 10.1 Å². The van der Waals surface area contributed by atoms with Gasteiger partial charge >= 0.3 is 0 Å². The Balaban J connectivity index is 1.76. The standard InChI is InChI=1S/C18H14Cl2N2O2S2/c1-9-3-4-10(7-13(9)19)21-18(25)22-17(23)16-15(20)12-6-5-11(24-2)8-14(12)26-16/h3-8H,1-2H3,(H2,21,22,23,25). The number of hydrogen-bond donors (Lipinski definition) is 2. The van der Waals surface area contributed by atoms with E-state index in [1.54, 1.807) is 19.2 Å². The van der Waals surface area contributed by atoms with Crippen molar-refractivity contribution in [3.8, 4) is 5.75 Å². The van der Waals surface area contributed by atoms with Gasteiger partial charge in [-0.15, -0.1) is 11.3 Å². The third-order valence-electron chi connectivity index (χ3n) is 3.70. The van der Waals surface area contributed by atoms with Crippen LogP contribution in [0.25, 0.3) is 10.1 Å². The van der Waals surface area contributed by atoms with Gasteiger partial charge < -0.3 is 10.1 Å². The zero-order valence-electron chi connectivity index (χ0n) is 13.9. The number of hydrogen-bond acceptors (Lipinski definition) is 4. The highest BCUT2D eigenvalue weighted by Gasteiger charge is 2.18. The molecule has 0 saturated heterocycles. The lowest BCUT2D eigenvalue weighted by Gasteiger charge is -2.10. The molecule has 1 aromatic heterocycles. The van der Waals surface area contributed by atoms with E-state index < -0.39 is 0 Å². The van der Waals surface area contributed by atoms with Crippen molar-refractivity contribution in [1.82, 2.24) is 5.32 Å². The summed E-state index contributed by atoms with van der Waals surface area (Å²) in [6.45, 7) is 1.91. The largest absolute Gasteiger partial charge is 0.497 e. The van der Waals surface area contributed by atoms with Crippen LogP contribution in [0.2, 0.25) is 10.0 Å². The highest BCUT2D eigenvalue weighted by Crippen LogP contribution is 2.37. The van der Waals surface area contributed by atoms with Crippen LogP contribution in [0.5, 0.6) is 5.75 Å². The Morgan fingerprint density at radius 3 is 2.65 bits per heavy atom. The number of benzene rings is 2. The van der Waals surface area contributed by atoms with Crippen LogP contribution in [-0.4, -0.2) is 18.1 Å². The van der Waals surface area contributed by atoms with E-state index in [9.17, 15) is 4.79 Å². The summed E-state index contributed by atoms with van der Waals surface area (Å²) in [4.78, 5) is 12.9. The molecule has 0 saturated carbocycles. The van der Waals surface area contributed by atoms with Crippen LogP contribution in [0.1, 0.15) is 15.2 Å². The van der Waals surface area contributed by atoms with Gasteiger partial charge in [-0.2, -0.15) is 0 Å². The number of methoxy groups -OCH3 is 1. The quantitative estimate of drug-likeness (QED) is 0.533. The molecule has 0 unspecified atom stereocenters. The van der Waals surface area contributed by atoms with Gasteiger partial charge in [-0.1, -0.05) is 29.3 Å². The van der Waals surface area contributed by atoms with Crippen LogP contribution >= 0.6 is 46.8 Å². The van der Waals surface area contributed by atoms with Crippen LogP contribution in [0, 0.1) is 6.92 Å². The summed E-state index contributed by atoms with van der Waals surface area (Å²) < 4.78 is 6.07. The average molecular weight is 425 g/mol. The molecule has 0 radical (unpaired) electrons. The van der Waals surface area contributed by atoms with Gasteiger partial charge in [0, 0.05) is 20.8 Å². The number of carbonyl (C=O) groups excluding carboxylic acids is 1. The lowest BCUT2D eigenvalue weighted by molar-refractivity contribution is 0.0982. The van der Waals surface area contributed by atoms with E-state index in [2.05, 4.69) is 10.6 Å². The summed E-state index contributed by atoms with van der Waals surface area (Å²) in [6, 6.07) is 10.9. The SMILES string of the molecule is COc1ccc2c(Cl)c(C(=O)NC(=S)Nc3ccc(C)c(Cl)c3)sc2c1. The van der Waals surface area contributed by atoms with Gasteiger partial charge in [0.05, 0.1) is 12.1 Å². The van der Waals surface area contributed by atoms with Gasteiger partial charge in [0.1, 0.15) is 10.6 Å². The van der Waals surface area contributed by atoms with Crippen molar-refractivity contribution in [3.63, 3.8) is 0 Å². The first-order valence-electron chi connectivity index (χ1n) is 7.53. The first-order valence-corrected chi connectivity index (χ1v) is 9.51. The fourth-order valence-corrected chi connectivity index (χ4v) is 4.14. The second-order valence-corrected chi connectivity index (χ2v) is 7.73. The van der Waals surface area contributed by atoms with Crippen LogP contribution in [0.15, 0.2) is 36.4 Å². The van der Waals surface area contributed by atoms with Crippen LogP contribution in [0.4, 0.5) is 5.69 Å². The first kappa shape index (κ1) is 18.9. The second kappa shape index (κ2) is 7.80. The highest BCUT2D eigenvalue weighted by atomic mass is 35.5. The van der Waals surface area contributed by atoms with Gasteiger partial charge in [0.2, 0.25) is 0 Å². The van der Waals surface area contributed by atoms with Crippen molar-refractivity contribution in [1.29, 1.82) is 0 Å². The van der Waals surface area contributed by atoms with E-state index in [1.807, 2.05) is 31.2 Å². The molecule has 0 atom stereocenters. The number of halogens is 2. The molecule has 2 aromatic carbocycles. The highest BCUT2D eigenvalue weighted by molar-refractivity contribution is 7.80. The third kappa shape index (κ3) is 3.94. The van der Waals surface area contributed by atoms with E-state index in [-0.39, 0.29) is 11.0 Å². The molecule has 0 fully saturated rings. The molecular formula is C18H14Cl2N2O2S2. The van der Waals surface area contributed by atoms with Crippen LogP contribution in [0.3, 0.4) is 0 Å². The average Bonchev–Trinajstić information content (AvgIpc) is 2.94. The number of thiocarbonyl (C=S) groups is 1. The molecule has 134 valence electrons. The number of fused-ring (bicyclic) bond motifs is 1. The molecule has 2 N–H and O–H groups in total. The molecule has 4 nitrogen and oxygen atoms in total. The van der Waals surface area contributed by atoms with Crippen molar-refractivity contribution in [3.05, 3.63) is 56.9 Å². The summed E-state index contributed by atoms with van der Waals surface area (Å²) in [5.74, 6) is 0.335. The Morgan fingerprint density at radius 2 is 1.96 bits per heavy atom. The molecule has 1 heterocycles. The van der Waals surface area contributed by atoms with E-state index in [0.717, 1.165) is 15.6 Å². The summed E-state index contributed by atoms with van der Waals surface area (Å²) in [6.07, 6.45) is 0. The zero-order valence-corrected chi connectivity index (χ0v) is 17.0. The number of carbonyl (C=O) groups is 1. The summed E-state index contributed by atoms with van der Waals surface area (Å²) >= 11 is 18.9. The maximum Gasteiger partial charge on any atom is 0.269 e. The predicted octanol–water partition coefficient (Wildman–Crippen LogP) is 5.65. The number of anilines is 1. The molecule has 0 aliphatic heterocycles. The van der Waals surface area contributed by atoms with Crippen molar-refractivity contribution in [2.24, 2.45) is 0 Å². The van der Waals surface area contributed by atoms with E-state index in [1.165, 1.54) is 11.3 Å². The van der Waals surface area contributed by atoms with Gasteiger partial charge in [0.15, 0.2) is 5.11 Å². The van der Waals surface area contributed by atoms with Gasteiger partial charge in [-0.05, 0) is 55.0 Å². The third-order valence-corrected chi connectivity index (χ3v) is 5.97. The maximum atomic E-state index is 12.5. The number of amides is 1. The van der Waals surface area contributed by atoms with Gasteiger partial charge in [-0.25, -0.2) is 0 Å². The predicted molar refractivity (Wildman–Crippen MR) is 113 cm³/mol. The van der Waals surface area contributed by atoms with Crippen molar-refractivity contribution >= 4 is 73.5 Å². The van der Waals surface area contributed by atoms with Gasteiger partial charge in [0.25, 0.3) is 5.91 Å². The van der Waals surface area contributed by atoms with Crippen LogP contribution < -0.4 is 15.4 Å². The summed E-state index contributed by atoms with van der Waals surface area (Å²) in [5.41, 5.74) is 1.65. The minimum Gasteiger partial charge on any atom is -0.497 e. The lowest BCUT2D eigenvalue weighted by atomic mass is 10.2. The van der Waals surface area contributed by atoms with Crippen molar-refractivity contribution < 1.29 is 9.53 Å². The Hall–Kier alpha value is -1.86. The molecule has 0 aliphatic carbocycles. The van der Waals surface area contributed by atoms with E-state index in [0.29, 0.717) is 26.4 Å². The molecule has 8 heteroatoms. The Morgan fingerprint density at radius 1 is 1.19 bits per heavy atom. The number of ether oxygens (including phenoxy) is 1. The van der Waals surface area contributed by atoms with Crippen molar-refractivity contribution in [2.45, 2.75) is 6.92 Å². The monoisotopic (exact) mass is 424 g/mol. The molecule has 0 spiro atoms. The normalized spacial score (nSPS) is 10.6. The molecule has 1 amide bonds. The number of rotatable bonds is 3. The lowest BCUT2D eigenvalue weighted by Crippen LogP contribution is -2.33. The summed E-state index contributed by atoms with van der Waals surface area (Å²) in [7, 11) is 1.59. The first-order chi connectivity index (χ1) is 12.4. The smallest absolute Gasteiger partial charge is 0.269 e. The minimum absolute atomic E-state index is 0.168. The molecule has 3 rings (SSSR count). The minimum atomic E-state index is -0.370. The molecule has 3 aromatic rings. The number of nitrogens with one attached hydrogen (secondary N) is 2. The van der Waals surface area contributed by atoms with E-state index >= 15 is 0 Å². The zero-order chi connectivity index (χ0) is 18.8. The van der Waals surface area contributed by atoms with Crippen molar-refractivity contribution in [2.75, 3.05) is 12.4 Å². The van der Waals surface area contributed by atoms with Crippen LogP contribution in [-0.2, 0) is 0 Å². The summed E-state index contributed by atoms with van der Waals surface area (Å²) in [5, 5.41) is 7.56. The molecular weight excluding hydrogens is 411 g/mol. The number of thiophene rings is 1. The maximum absolute atomic E-state index is 12.5. The molecule has 0 aliphatic rings. The molecule has 26 heavy (non-hydrogen) atoms. The fourth-order valence-electron chi connectivity index (χ4n) is 2.31. The topological polar surface area (TPSA) is 50.4 Å². The molecule has 0 bridgehead atoms. The Kier molecular flexibility index (Phi) is 5.67. The Labute approximate surface area is 170 Å². The number of aryl methyl sites for hydroxylation is 1. The Bertz CT molecular complexity index is 1020. The second-order valence-electron chi connectivity index (χ2n) is 5.48.